The van der Waals surface area contributed by atoms with Gasteiger partial charge in [0.15, 0.2) is 5.11 Å². The number of thiocarbonyl (C=S) groups is 1. The number of amides is 1. The van der Waals surface area contributed by atoms with E-state index >= 15 is 0 Å². The van der Waals surface area contributed by atoms with Crippen molar-refractivity contribution in [3.63, 3.8) is 0 Å². The number of nitrogens with zero attached hydrogens (tertiary/aromatic N) is 2. The van der Waals surface area contributed by atoms with Gasteiger partial charge in [-0.25, -0.2) is 0 Å². The first-order valence-electron chi connectivity index (χ1n) is 10.4. The standard InChI is InChI=1S/C24H27N5OS/c1-15-7-6-8-18(13-15)27-21(30)10-12-29-23(19-14-16(2)26-17(19)3)22(28-24(29)31)20-9-4-5-11-25-20/h4-9,11,13-14,22-23,26H,10,12H2,1-3H3,(H,27,30)(H,28,31)/t22-,23+/m1/s1. The summed E-state index contributed by atoms with van der Waals surface area (Å²) in [6, 6.07) is 15.7. The molecule has 160 valence electrons. The Kier molecular flexibility index (Phi) is 6.04. The van der Waals surface area contributed by atoms with Gasteiger partial charge in [-0.15, -0.1) is 0 Å². The van der Waals surface area contributed by atoms with Crippen LogP contribution in [0.1, 0.15) is 46.7 Å². The molecule has 1 aliphatic rings. The van der Waals surface area contributed by atoms with Crippen LogP contribution in [0.5, 0.6) is 0 Å². The molecule has 2 aromatic heterocycles. The van der Waals surface area contributed by atoms with Crippen molar-refractivity contribution in [3.8, 4) is 0 Å². The van der Waals surface area contributed by atoms with Crippen molar-refractivity contribution in [2.45, 2.75) is 39.3 Å². The highest BCUT2D eigenvalue weighted by molar-refractivity contribution is 7.80. The molecule has 0 saturated carbocycles. The quantitative estimate of drug-likeness (QED) is 0.505. The number of hydrogen-bond donors (Lipinski definition) is 3. The summed E-state index contributed by atoms with van der Waals surface area (Å²) in [4.78, 5) is 22.7. The van der Waals surface area contributed by atoms with Gasteiger partial charge in [0.05, 0.1) is 17.8 Å². The van der Waals surface area contributed by atoms with Gasteiger partial charge in [-0.1, -0.05) is 18.2 Å². The minimum absolute atomic E-state index is 0.0320. The molecule has 0 unspecified atom stereocenters. The van der Waals surface area contributed by atoms with Crippen molar-refractivity contribution in [2.75, 3.05) is 11.9 Å². The van der Waals surface area contributed by atoms with E-state index in [0.29, 0.717) is 18.1 Å². The fraction of sp³-hybridized carbons (Fsp3) is 0.292. The van der Waals surface area contributed by atoms with E-state index in [2.05, 4.69) is 38.5 Å². The summed E-state index contributed by atoms with van der Waals surface area (Å²) in [5.74, 6) is -0.0320. The molecule has 7 heteroatoms. The van der Waals surface area contributed by atoms with Crippen molar-refractivity contribution < 1.29 is 4.79 Å². The summed E-state index contributed by atoms with van der Waals surface area (Å²) >= 11 is 5.69. The Morgan fingerprint density at radius 2 is 2.00 bits per heavy atom. The highest BCUT2D eigenvalue weighted by Gasteiger charge is 2.40. The molecule has 1 fully saturated rings. The SMILES string of the molecule is Cc1cccc(NC(=O)CCN2C(=S)N[C@H](c3ccccn3)[C@@H]2c2cc(C)[nH]c2C)c1. The fourth-order valence-electron chi connectivity index (χ4n) is 4.21. The van der Waals surface area contributed by atoms with E-state index in [1.165, 1.54) is 5.56 Å². The third kappa shape index (κ3) is 4.61. The van der Waals surface area contributed by atoms with Crippen molar-refractivity contribution >= 4 is 28.9 Å². The molecule has 1 aliphatic heterocycles. The third-order valence-electron chi connectivity index (χ3n) is 5.59. The second-order valence-electron chi connectivity index (χ2n) is 8.02. The predicted octanol–water partition coefficient (Wildman–Crippen LogP) is 4.34. The van der Waals surface area contributed by atoms with Crippen molar-refractivity contribution in [3.05, 3.63) is 82.9 Å². The third-order valence-corrected chi connectivity index (χ3v) is 5.94. The van der Waals surface area contributed by atoms with Crippen LogP contribution < -0.4 is 10.6 Å². The first-order chi connectivity index (χ1) is 14.9. The van der Waals surface area contributed by atoms with E-state index in [1.54, 1.807) is 6.20 Å². The minimum atomic E-state index is -0.0811. The zero-order valence-corrected chi connectivity index (χ0v) is 18.8. The average Bonchev–Trinajstić information content (AvgIpc) is 3.24. The van der Waals surface area contributed by atoms with Crippen LogP contribution in [0.25, 0.3) is 0 Å². The van der Waals surface area contributed by atoms with E-state index < -0.39 is 0 Å². The Morgan fingerprint density at radius 3 is 2.68 bits per heavy atom. The number of aromatic nitrogens is 2. The lowest BCUT2D eigenvalue weighted by Crippen LogP contribution is -2.32. The summed E-state index contributed by atoms with van der Waals surface area (Å²) in [5.41, 5.74) is 6.22. The smallest absolute Gasteiger partial charge is 0.226 e. The number of pyridine rings is 1. The molecule has 31 heavy (non-hydrogen) atoms. The van der Waals surface area contributed by atoms with Crippen molar-refractivity contribution in [1.82, 2.24) is 20.2 Å². The van der Waals surface area contributed by atoms with Crippen LogP contribution in [0.3, 0.4) is 0 Å². The largest absolute Gasteiger partial charge is 0.362 e. The molecule has 6 nitrogen and oxygen atoms in total. The molecule has 3 N–H and O–H groups in total. The molecular formula is C24H27N5OS. The first kappa shape index (κ1) is 21.1. The molecule has 4 rings (SSSR count). The lowest BCUT2D eigenvalue weighted by atomic mass is 9.96. The topological polar surface area (TPSA) is 73.1 Å². The Balaban J connectivity index is 1.55. The van der Waals surface area contributed by atoms with Crippen LogP contribution in [0.4, 0.5) is 5.69 Å². The van der Waals surface area contributed by atoms with Gasteiger partial charge in [-0.05, 0) is 74.4 Å². The van der Waals surface area contributed by atoms with Crippen LogP contribution >= 0.6 is 12.2 Å². The van der Waals surface area contributed by atoms with Gasteiger partial charge < -0.3 is 20.5 Å². The van der Waals surface area contributed by atoms with E-state index in [-0.39, 0.29) is 18.0 Å². The Labute approximate surface area is 188 Å². The lowest BCUT2D eigenvalue weighted by Gasteiger charge is -2.27. The number of rotatable bonds is 6. The van der Waals surface area contributed by atoms with Crippen LogP contribution in [0.15, 0.2) is 54.7 Å². The first-order valence-corrected chi connectivity index (χ1v) is 10.8. The fourth-order valence-corrected chi connectivity index (χ4v) is 4.54. The maximum atomic E-state index is 12.6. The monoisotopic (exact) mass is 433 g/mol. The second kappa shape index (κ2) is 8.89. The number of carbonyl (C=O) groups excluding carboxylic acids is 1. The summed E-state index contributed by atoms with van der Waals surface area (Å²) in [7, 11) is 0. The van der Waals surface area contributed by atoms with Gasteiger partial charge in [-0.2, -0.15) is 0 Å². The van der Waals surface area contributed by atoms with Crippen LogP contribution in [0, 0.1) is 20.8 Å². The second-order valence-corrected chi connectivity index (χ2v) is 8.41. The molecule has 3 heterocycles. The van der Waals surface area contributed by atoms with Gasteiger partial charge in [-0.3, -0.25) is 9.78 Å². The van der Waals surface area contributed by atoms with Gasteiger partial charge in [0.25, 0.3) is 0 Å². The Morgan fingerprint density at radius 1 is 1.16 bits per heavy atom. The normalized spacial score (nSPS) is 18.2. The summed E-state index contributed by atoms with van der Waals surface area (Å²) < 4.78 is 0. The maximum Gasteiger partial charge on any atom is 0.226 e. The number of anilines is 1. The van der Waals surface area contributed by atoms with E-state index in [9.17, 15) is 4.79 Å². The van der Waals surface area contributed by atoms with E-state index in [1.807, 2.05) is 56.3 Å². The number of carbonyl (C=O) groups is 1. The van der Waals surface area contributed by atoms with E-state index in [0.717, 1.165) is 28.3 Å². The molecular weight excluding hydrogens is 406 g/mol. The highest BCUT2D eigenvalue weighted by atomic mass is 32.1. The number of H-pyrrole nitrogens is 1. The lowest BCUT2D eigenvalue weighted by molar-refractivity contribution is -0.116. The highest BCUT2D eigenvalue weighted by Crippen LogP contribution is 2.40. The molecule has 1 aromatic carbocycles. The minimum Gasteiger partial charge on any atom is -0.362 e. The van der Waals surface area contributed by atoms with Gasteiger partial charge >= 0.3 is 0 Å². The molecule has 3 aromatic rings. The van der Waals surface area contributed by atoms with Crippen LogP contribution in [-0.4, -0.2) is 32.4 Å². The van der Waals surface area contributed by atoms with E-state index in [4.69, 9.17) is 12.2 Å². The summed E-state index contributed by atoms with van der Waals surface area (Å²) in [6.07, 6.45) is 2.13. The van der Waals surface area contributed by atoms with Gasteiger partial charge in [0, 0.05) is 36.2 Å². The average molecular weight is 434 g/mol. The Hall–Kier alpha value is -3.19. The molecule has 0 spiro atoms. The molecule has 0 radical (unpaired) electrons. The maximum absolute atomic E-state index is 12.6. The Bertz CT molecular complexity index is 1090. The summed E-state index contributed by atoms with van der Waals surface area (Å²) in [6.45, 7) is 6.64. The molecule has 0 aliphatic carbocycles. The number of benzene rings is 1. The molecule has 1 saturated heterocycles. The van der Waals surface area contributed by atoms with Crippen LogP contribution in [-0.2, 0) is 4.79 Å². The van der Waals surface area contributed by atoms with Crippen molar-refractivity contribution in [1.29, 1.82) is 0 Å². The van der Waals surface area contributed by atoms with Crippen molar-refractivity contribution in [2.24, 2.45) is 0 Å². The molecule has 2 atom stereocenters. The summed E-state index contributed by atoms with van der Waals surface area (Å²) in [5, 5.41) is 7.06. The number of hydrogen-bond acceptors (Lipinski definition) is 3. The van der Waals surface area contributed by atoms with Crippen LogP contribution in [0.2, 0.25) is 0 Å². The molecule has 0 bridgehead atoms. The number of nitrogens with one attached hydrogen (secondary N) is 3. The zero-order valence-electron chi connectivity index (χ0n) is 18.0. The van der Waals surface area contributed by atoms with Gasteiger partial charge in [0.1, 0.15) is 0 Å². The predicted molar refractivity (Wildman–Crippen MR) is 127 cm³/mol. The zero-order chi connectivity index (χ0) is 22.0. The number of aromatic amines is 1. The number of aryl methyl sites for hydroxylation is 3. The molecule has 1 amide bonds. The van der Waals surface area contributed by atoms with Gasteiger partial charge in [0.2, 0.25) is 5.91 Å².